The van der Waals surface area contributed by atoms with Gasteiger partial charge in [-0.1, -0.05) is 54.6 Å². The number of phenolic OH excluding ortho intramolecular Hbond substituents is 1. The molecule has 0 fully saturated rings. The van der Waals surface area contributed by atoms with Gasteiger partial charge in [-0.3, -0.25) is 4.79 Å². The Balaban J connectivity index is 1.53. The van der Waals surface area contributed by atoms with Crippen LogP contribution >= 0.6 is 0 Å². The van der Waals surface area contributed by atoms with Crippen LogP contribution < -0.4 is 0 Å². The van der Waals surface area contributed by atoms with Crippen molar-refractivity contribution in [3.05, 3.63) is 101 Å². The quantitative estimate of drug-likeness (QED) is 0.683. The first-order valence-electron chi connectivity index (χ1n) is 9.90. The summed E-state index contributed by atoms with van der Waals surface area (Å²) in [5.41, 5.74) is 3.06. The van der Waals surface area contributed by atoms with Crippen LogP contribution in [0.25, 0.3) is 0 Å². The third-order valence-electron chi connectivity index (χ3n) is 5.70. The molecule has 2 N–H and O–H groups in total. The van der Waals surface area contributed by atoms with Gasteiger partial charge < -0.3 is 15.1 Å². The van der Waals surface area contributed by atoms with E-state index in [9.17, 15) is 15.0 Å². The van der Waals surface area contributed by atoms with Gasteiger partial charge in [0.25, 0.3) is 5.91 Å². The lowest BCUT2D eigenvalue weighted by Crippen LogP contribution is -2.27. The van der Waals surface area contributed by atoms with Crippen molar-refractivity contribution >= 4 is 5.91 Å². The third kappa shape index (κ3) is 4.03. The molecular formula is C25H25NO3. The van der Waals surface area contributed by atoms with Crippen molar-refractivity contribution in [2.75, 3.05) is 0 Å². The minimum Gasteiger partial charge on any atom is -0.508 e. The van der Waals surface area contributed by atoms with Crippen molar-refractivity contribution < 1.29 is 15.0 Å². The molecule has 0 radical (unpaired) electrons. The number of fused-ring (bicyclic) bond motifs is 1. The Kier molecular flexibility index (Phi) is 5.12. The summed E-state index contributed by atoms with van der Waals surface area (Å²) in [5.74, 6) is -0.0920. The molecule has 1 atom stereocenters. The van der Waals surface area contributed by atoms with Gasteiger partial charge in [0.1, 0.15) is 5.75 Å². The number of aliphatic hydroxyl groups is 1. The smallest absolute Gasteiger partial charge is 0.254 e. The highest BCUT2D eigenvalue weighted by atomic mass is 16.3. The van der Waals surface area contributed by atoms with Crippen molar-refractivity contribution in [2.24, 2.45) is 0 Å². The Morgan fingerprint density at radius 2 is 1.59 bits per heavy atom. The van der Waals surface area contributed by atoms with Crippen LogP contribution in [0.3, 0.4) is 0 Å². The van der Waals surface area contributed by atoms with Crippen molar-refractivity contribution in [3.8, 4) is 5.75 Å². The predicted octanol–water partition coefficient (Wildman–Crippen LogP) is 4.39. The van der Waals surface area contributed by atoms with E-state index in [-0.39, 0.29) is 11.7 Å². The molecule has 0 aliphatic carbocycles. The number of carbonyl (C=O) groups is 1. The summed E-state index contributed by atoms with van der Waals surface area (Å²) in [6.07, 6.45) is 1.12. The monoisotopic (exact) mass is 387 g/mol. The zero-order valence-corrected chi connectivity index (χ0v) is 16.5. The first kappa shape index (κ1) is 19.2. The van der Waals surface area contributed by atoms with E-state index in [1.54, 1.807) is 24.0 Å². The van der Waals surface area contributed by atoms with Crippen LogP contribution in [0.2, 0.25) is 0 Å². The SMILES string of the molecule is CC(O)(CCc1ccccc1)c1cc(C(=O)N2Cc3ccccc3C2)ccc1O. The van der Waals surface area contributed by atoms with Crippen LogP contribution in [0.15, 0.2) is 72.8 Å². The highest BCUT2D eigenvalue weighted by Gasteiger charge is 2.29. The zero-order chi connectivity index (χ0) is 20.4. The summed E-state index contributed by atoms with van der Waals surface area (Å²) in [7, 11) is 0. The topological polar surface area (TPSA) is 60.8 Å². The van der Waals surface area contributed by atoms with Gasteiger partial charge in [0.2, 0.25) is 0 Å². The molecule has 0 saturated heterocycles. The fourth-order valence-corrected chi connectivity index (χ4v) is 3.93. The lowest BCUT2D eigenvalue weighted by Gasteiger charge is -2.26. The number of benzene rings is 3. The fraction of sp³-hybridized carbons (Fsp3) is 0.240. The molecule has 1 amide bonds. The van der Waals surface area contributed by atoms with Gasteiger partial charge in [-0.2, -0.15) is 0 Å². The van der Waals surface area contributed by atoms with E-state index in [0.717, 1.165) is 16.7 Å². The molecule has 0 spiro atoms. The fourth-order valence-electron chi connectivity index (χ4n) is 3.93. The number of amides is 1. The van der Waals surface area contributed by atoms with Crippen molar-refractivity contribution in [1.82, 2.24) is 4.90 Å². The summed E-state index contributed by atoms with van der Waals surface area (Å²) in [4.78, 5) is 14.8. The van der Waals surface area contributed by atoms with Gasteiger partial charge in [-0.05, 0) is 54.7 Å². The largest absolute Gasteiger partial charge is 0.508 e. The Morgan fingerprint density at radius 1 is 0.966 bits per heavy atom. The Bertz CT molecular complexity index is 1000. The number of aryl methyl sites for hydroxylation is 1. The molecule has 0 bridgehead atoms. The second-order valence-corrected chi connectivity index (χ2v) is 7.92. The van der Waals surface area contributed by atoms with E-state index in [1.165, 1.54) is 6.07 Å². The third-order valence-corrected chi connectivity index (χ3v) is 5.70. The van der Waals surface area contributed by atoms with Gasteiger partial charge in [0.15, 0.2) is 0 Å². The minimum absolute atomic E-state index is 0.00400. The second kappa shape index (κ2) is 7.72. The van der Waals surface area contributed by atoms with E-state index in [0.29, 0.717) is 37.1 Å². The van der Waals surface area contributed by atoms with E-state index in [2.05, 4.69) is 0 Å². The summed E-state index contributed by atoms with van der Waals surface area (Å²) in [6.45, 7) is 2.84. The van der Waals surface area contributed by atoms with Gasteiger partial charge in [0.05, 0.1) is 5.60 Å². The average molecular weight is 387 g/mol. The second-order valence-electron chi connectivity index (χ2n) is 7.92. The number of hydrogen-bond acceptors (Lipinski definition) is 3. The maximum absolute atomic E-state index is 13.0. The van der Waals surface area contributed by atoms with Gasteiger partial charge in [-0.15, -0.1) is 0 Å². The van der Waals surface area contributed by atoms with Crippen LogP contribution in [0.4, 0.5) is 0 Å². The summed E-state index contributed by atoms with van der Waals surface area (Å²) in [5, 5.41) is 21.4. The first-order valence-corrected chi connectivity index (χ1v) is 9.90. The Morgan fingerprint density at radius 3 is 2.24 bits per heavy atom. The predicted molar refractivity (Wildman–Crippen MR) is 112 cm³/mol. The zero-order valence-electron chi connectivity index (χ0n) is 16.5. The molecular weight excluding hydrogens is 362 g/mol. The number of rotatable bonds is 5. The number of carbonyl (C=O) groups excluding carboxylic acids is 1. The summed E-state index contributed by atoms with van der Waals surface area (Å²) < 4.78 is 0. The minimum atomic E-state index is -1.25. The molecule has 1 aliphatic heterocycles. The lowest BCUT2D eigenvalue weighted by molar-refractivity contribution is 0.0455. The molecule has 1 unspecified atom stereocenters. The standard InChI is InChI=1S/C25H25NO3/c1-25(29,14-13-18-7-3-2-4-8-18)22-15-19(11-12-23(22)27)24(28)26-16-20-9-5-6-10-21(20)17-26/h2-12,15,27,29H,13-14,16-17H2,1H3. The molecule has 4 nitrogen and oxygen atoms in total. The van der Waals surface area contributed by atoms with E-state index < -0.39 is 5.60 Å². The maximum atomic E-state index is 13.0. The van der Waals surface area contributed by atoms with Gasteiger partial charge in [-0.25, -0.2) is 0 Å². The van der Waals surface area contributed by atoms with E-state index >= 15 is 0 Å². The number of nitrogens with zero attached hydrogens (tertiary/aromatic N) is 1. The van der Waals surface area contributed by atoms with E-state index in [1.807, 2.05) is 54.6 Å². The van der Waals surface area contributed by atoms with Crippen LogP contribution in [-0.4, -0.2) is 21.0 Å². The normalized spacial score (nSPS) is 15.0. The summed E-state index contributed by atoms with van der Waals surface area (Å²) >= 11 is 0. The van der Waals surface area contributed by atoms with Crippen LogP contribution in [0, 0.1) is 0 Å². The average Bonchev–Trinajstić information content (AvgIpc) is 3.17. The molecule has 1 aliphatic rings. The molecule has 148 valence electrons. The van der Waals surface area contributed by atoms with Crippen LogP contribution in [0.1, 0.15) is 46.0 Å². The van der Waals surface area contributed by atoms with Crippen molar-refractivity contribution in [1.29, 1.82) is 0 Å². The Labute approximate surface area is 171 Å². The van der Waals surface area contributed by atoms with Gasteiger partial charge in [0, 0.05) is 24.2 Å². The lowest BCUT2D eigenvalue weighted by atomic mass is 9.87. The number of aromatic hydroxyl groups is 1. The number of hydrogen-bond donors (Lipinski definition) is 2. The molecule has 29 heavy (non-hydrogen) atoms. The first-order chi connectivity index (χ1) is 13.9. The highest BCUT2D eigenvalue weighted by Crippen LogP contribution is 2.34. The molecule has 3 aromatic rings. The number of phenols is 1. The molecule has 3 aromatic carbocycles. The molecule has 4 rings (SSSR count). The van der Waals surface area contributed by atoms with E-state index in [4.69, 9.17) is 0 Å². The maximum Gasteiger partial charge on any atom is 0.254 e. The van der Waals surface area contributed by atoms with Gasteiger partial charge >= 0.3 is 0 Å². The Hall–Kier alpha value is -3.11. The molecule has 0 aromatic heterocycles. The molecule has 0 saturated carbocycles. The summed E-state index contributed by atoms with van der Waals surface area (Å²) in [6, 6.07) is 22.7. The molecule has 4 heteroatoms. The van der Waals surface area contributed by atoms with Crippen LogP contribution in [-0.2, 0) is 25.1 Å². The molecule has 1 heterocycles. The highest BCUT2D eigenvalue weighted by molar-refractivity contribution is 5.95. The van der Waals surface area contributed by atoms with Crippen molar-refractivity contribution in [2.45, 2.75) is 38.5 Å². The van der Waals surface area contributed by atoms with Crippen LogP contribution in [0.5, 0.6) is 5.75 Å². The van der Waals surface area contributed by atoms with Crippen molar-refractivity contribution in [3.63, 3.8) is 0 Å².